The number of nitrogens with zero attached hydrogens (tertiary/aromatic N) is 2. The second kappa shape index (κ2) is 5.17. The first-order valence-electron chi connectivity index (χ1n) is 7.16. The van der Waals surface area contributed by atoms with Crippen molar-refractivity contribution in [2.75, 3.05) is 27.2 Å². The Bertz CT molecular complexity index is 308. The van der Waals surface area contributed by atoms with Crippen LogP contribution in [-0.2, 0) is 4.79 Å². The summed E-state index contributed by atoms with van der Waals surface area (Å²) in [5, 5.41) is 3.37. The van der Waals surface area contributed by atoms with Crippen molar-refractivity contribution in [2.45, 2.75) is 57.2 Å². The molecule has 1 heterocycles. The Morgan fingerprint density at radius 1 is 1.17 bits per heavy atom. The summed E-state index contributed by atoms with van der Waals surface area (Å²) in [6.07, 6.45) is 4.90. The van der Waals surface area contributed by atoms with Crippen molar-refractivity contribution in [1.29, 1.82) is 0 Å². The van der Waals surface area contributed by atoms with Crippen molar-refractivity contribution in [1.82, 2.24) is 15.1 Å². The van der Waals surface area contributed by atoms with Gasteiger partial charge in [0.05, 0.1) is 5.54 Å². The van der Waals surface area contributed by atoms with E-state index in [9.17, 15) is 4.79 Å². The lowest BCUT2D eigenvalue weighted by molar-refractivity contribution is -0.150. The highest BCUT2D eigenvalue weighted by molar-refractivity contribution is 5.86. The fraction of sp³-hybridized carbons (Fsp3) is 0.929. The molecule has 18 heavy (non-hydrogen) atoms. The smallest absolute Gasteiger partial charge is 0.242 e. The van der Waals surface area contributed by atoms with Gasteiger partial charge >= 0.3 is 0 Å². The number of nitrogens with one attached hydrogen (secondary N) is 1. The third-order valence-corrected chi connectivity index (χ3v) is 4.81. The van der Waals surface area contributed by atoms with Gasteiger partial charge in [0.15, 0.2) is 0 Å². The SMILES string of the molecule is CNC1CCC(N2CCN(C)C(=O)C2(C)C)CC1. The Kier molecular flexibility index (Phi) is 3.97. The van der Waals surface area contributed by atoms with Crippen molar-refractivity contribution in [2.24, 2.45) is 0 Å². The van der Waals surface area contributed by atoms with Crippen LogP contribution in [0.15, 0.2) is 0 Å². The topological polar surface area (TPSA) is 35.6 Å². The summed E-state index contributed by atoms with van der Waals surface area (Å²) in [5.41, 5.74) is -0.329. The zero-order chi connectivity index (χ0) is 13.3. The summed E-state index contributed by atoms with van der Waals surface area (Å²) in [7, 11) is 3.97. The van der Waals surface area contributed by atoms with Gasteiger partial charge in [0.25, 0.3) is 0 Å². The number of carbonyl (C=O) groups excluding carboxylic acids is 1. The number of hydrogen-bond acceptors (Lipinski definition) is 3. The van der Waals surface area contributed by atoms with E-state index in [1.54, 1.807) is 0 Å². The van der Waals surface area contributed by atoms with Crippen molar-refractivity contribution in [3.63, 3.8) is 0 Å². The molecule has 4 nitrogen and oxygen atoms in total. The summed E-state index contributed by atoms with van der Waals surface area (Å²) in [6, 6.07) is 1.26. The minimum absolute atomic E-state index is 0.268. The zero-order valence-electron chi connectivity index (χ0n) is 12.2. The van der Waals surface area contributed by atoms with E-state index in [1.807, 2.05) is 19.0 Å². The van der Waals surface area contributed by atoms with Crippen LogP contribution in [0.3, 0.4) is 0 Å². The number of piperazine rings is 1. The molecule has 4 heteroatoms. The average molecular weight is 253 g/mol. The van der Waals surface area contributed by atoms with Gasteiger partial charge < -0.3 is 10.2 Å². The maximum Gasteiger partial charge on any atom is 0.242 e. The molecule has 0 spiro atoms. The van der Waals surface area contributed by atoms with E-state index >= 15 is 0 Å². The quantitative estimate of drug-likeness (QED) is 0.799. The molecule has 1 amide bonds. The van der Waals surface area contributed by atoms with E-state index in [0.29, 0.717) is 12.1 Å². The van der Waals surface area contributed by atoms with Gasteiger partial charge in [-0.25, -0.2) is 0 Å². The van der Waals surface area contributed by atoms with Gasteiger partial charge in [-0.3, -0.25) is 9.69 Å². The number of rotatable bonds is 2. The zero-order valence-corrected chi connectivity index (χ0v) is 12.2. The van der Waals surface area contributed by atoms with E-state index in [1.165, 1.54) is 25.7 Å². The molecule has 1 aliphatic carbocycles. The first-order chi connectivity index (χ1) is 8.46. The average Bonchev–Trinajstić information content (AvgIpc) is 2.36. The third kappa shape index (κ3) is 2.41. The van der Waals surface area contributed by atoms with Crippen molar-refractivity contribution in [3.8, 4) is 0 Å². The first kappa shape index (κ1) is 13.8. The molecule has 0 atom stereocenters. The predicted octanol–water partition coefficient (Wildman–Crippen LogP) is 1.07. The first-order valence-corrected chi connectivity index (χ1v) is 7.16. The summed E-state index contributed by atoms with van der Waals surface area (Å²) in [4.78, 5) is 16.6. The Morgan fingerprint density at radius 2 is 1.78 bits per heavy atom. The largest absolute Gasteiger partial charge is 0.343 e. The minimum atomic E-state index is -0.329. The van der Waals surface area contributed by atoms with Crippen molar-refractivity contribution < 1.29 is 4.79 Å². The van der Waals surface area contributed by atoms with E-state index in [-0.39, 0.29) is 11.4 Å². The second-order valence-electron chi connectivity index (χ2n) is 6.27. The van der Waals surface area contributed by atoms with Crippen molar-refractivity contribution >= 4 is 5.91 Å². The van der Waals surface area contributed by atoms with Crippen molar-refractivity contribution in [3.05, 3.63) is 0 Å². The molecule has 1 aliphatic heterocycles. The van der Waals surface area contributed by atoms with Gasteiger partial charge in [-0.1, -0.05) is 0 Å². The van der Waals surface area contributed by atoms with Crippen LogP contribution >= 0.6 is 0 Å². The summed E-state index contributed by atoms with van der Waals surface area (Å²) < 4.78 is 0. The van der Waals surface area contributed by atoms with Gasteiger partial charge in [0, 0.05) is 32.2 Å². The second-order valence-corrected chi connectivity index (χ2v) is 6.27. The molecular formula is C14H27N3O. The van der Waals surface area contributed by atoms with E-state index in [4.69, 9.17) is 0 Å². The van der Waals surface area contributed by atoms with Crippen LogP contribution in [0, 0.1) is 0 Å². The highest BCUT2D eigenvalue weighted by Crippen LogP contribution is 2.31. The molecule has 2 fully saturated rings. The van der Waals surface area contributed by atoms with Crippen LogP contribution in [-0.4, -0.2) is 60.5 Å². The van der Waals surface area contributed by atoms with Gasteiger partial charge in [0.1, 0.15) is 0 Å². The highest BCUT2D eigenvalue weighted by Gasteiger charge is 2.43. The Hall–Kier alpha value is -0.610. The summed E-state index contributed by atoms with van der Waals surface area (Å²) in [6.45, 7) is 6.04. The summed E-state index contributed by atoms with van der Waals surface area (Å²) >= 11 is 0. The molecule has 0 unspecified atom stereocenters. The number of likely N-dealkylation sites (N-methyl/N-ethyl adjacent to an activating group) is 1. The monoisotopic (exact) mass is 253 g/mol. The molecule has 0 aromatic rings. The molecule has 2 aliphatic rings. The van der Waals surface area contributed by atoms with Crippen LogP contribution in [0.5, 0.6) is 0 Å². The predicted molar refractivity (Wildman–Crippen MR) is 73.5 cm³/mol. The van der Waals surface area contributed by atoms with Gasteiger partial charge in [0.2, 0.25) is 5.91 Å². The number of amides is 1. The van der Waals surface area contributed by atoms with Crippen LogP contribution in [0.25, 0.3) is 0 Å². The lowest BCUT2D eigenvalue weighted by Gasteiger charge is -2.50. The molecule has 1 saturated carbocycles. The molecule has 0 aromatic heterocycles. The van der Waals surface area contributed by atoms with Gasteiger partial charge in [-0.2, -0.15) is 0 Å². The lowest BCUT2D eigenvalue weighted by Crippen LogP contribution is -2.65. The van der Waals surface area contributed by atoms with Crippen LogP contribution in [0.2, 0.25) is 0 Å². The summed E-state index contributed by atoms with van der Waals surface area (Å²) in [5.74, 6) is 0.268. The molecule has 0 radical (unpaired) electrons. The third-order valence-electron chi connectivity index (χ3n) is 4.81. The maximum absolute atomic E-state index is 12.3. The Morgan fingerprint density at radius 3 is 2.33 bits per heavy atom. The van der Waals surface area contributed by atoms with Gasteiger partial charge in [-0.15, -0.1) is 0 Å². The Balaban J connectivity index is 2.03. The van der Waals surface area contributed by atoms with E-state index in [2.05, 4.69) is 24.1 Å². The fourth-order valence-electron chi connectivity index (χ4n) is 3.54. The highest BCUT2D eigenvalue weighted by atomic mass is 16.2. The molecule has 0 aromatic carbocycles. The number of carbonyl (C=O) groups is 1. The maximum atomic E-state index is 12.3. The normalized spacial score (nSPS) is 33.8. The lowest BCUT2D eigenvalue weighted by atomic mass is 9.86. The van der Waals surface area contributed by atoms with Crippen LogP contribution in [0.1, 0.15) is 39.5 Å². The van der Waals surface area contributed by atoms with Crippen LogP contribution < -0.4 is 5.32 Å². The molecule has 1 N–H and O–H groups in total. The molecule has 0 bridgehead atoms. The molecular weight excluding hydrogens is 226 g/mol. The standard InChI is InChI=1S/C14H27N3O/c1-14(2)13(18)16(4)9-10-17(14)12-7-5-11(15-3)6-8-12/h11-12,15H,5-10H2,1-4H3. The van der Waals surface area contributed by atoms with E-state index < -0.39 is 0 Å². The Labute approximate surface area is 111 Å². The van der Waals surface area contributed by atoms with Crippen LogP contribution in [0.4, 0.5) is 0 Å². The minimum Gasteiger partial charge on any atom is -0.343 e. The molecule has 2 rings (SSSR count). The molecule has 1 saturated heterocycles. The van der Waals surface area contributed by atoms with E-state index in [0.717, 1.165) is 13.1 Å². The molecule has 104 valence electrons. The van der Waals surface area contributed by atoms with Gasteiger partial charge in [-0.05, 0) is 46.6 Å². The fourth-order valence-corrected chi connectivity index (χ4v) is 3.54. The number of hydrogen-bond donors (Lipinski definition) is 1.